The van der Waals surface area contributed by atoms with Gasteiger partial charge < -0.3 is 10.1 Å². The zero-order chi connectivity index (χ0) is 15.2. The van der Waals surface area contributed by atoms with Gasteiger partial charge in [-0.3, -0.25) is 4.79 Å². The van der Waals surface area contributed by atoms with Gasteiger partial charge in [-0.15, -0.1) is 0 Å². The number of nitrogens with one attached hydrogen (secondary N) is 1. The van der Waals surface area contributed by atoms with Gasteiger partial charge in [-0.05, 0) is 52.2 Å². The highest BCUT2D eigenvalue weighted by molar-refractivity contribution is 9.10. The third kappa shape index (κ3) is 4.22. The molecule has 0 heterocycles. The van der Waals surface area contributed by atoms with Crippen LogP contribution in [0.2, 0.25) is 5.02 Å². The van der Waals surface area contributed by atoms with E-state index in [0.29, 0.717) is 23.6 Å². The van der Waals surface area contributed by atoms with Crippen molar-refractivity contribution in [3.63, 3.8) is 0 Å². The van der Waals surface area contributed by atoms with Gasteiger partial charge in [-0.1, -0.05) is 29.8 Å². The largest absolute Gasteiger partial charge is 0.496 e. The molecule has 2 rings (SSSR count). The van der Waals surface area contributed by atoms with Crippen LogP contribution in [-0.2, 0) is 6.42 Å². The van der Waals surface area contributed by atoms with Crippen LogP contribution in [0.4, 0.5) is 0 Å². The van der Waals surface area contributed by atoms with Gasteiger partial charge in [0.05, 0.1) is 12.1 Å². The minimum atomic E-state index is -0.140. The SMILES string of the molecule is COc1ccccc1CCNC(=O)c1ccc(Br)c(Cl)c1. The van der Waals surface area contributed by atoms with Crippen molar-refractivity contribution in [2.45, 2.75) is 6.42 Å². The topological polar surface area (TPSA) is 38.3 Å². The fraction of sp³-hybridized carbons (Fsp3) is 0.188. The number of para-hydroxylation sites is 1. The van der Waals surface area contributed by atoms with Crippen LogP contribution in [0.15, 0.2) is 46.9 Å². The van der Waals surface area contributed by atoms with Gasteiger partial charge >= 0.3 is 0 Å². The first-order valence-electron chi connectivity index (χ1n) is 6.47. The Labute approximate surface area is 137 Å². The van der Waals surface area contributed by atoms with Gasteiger partial charge in [-0.2, -0.15) is 0 Å². The van der Waals surface area contributed by atoms with Crippen LogP contribution in [-0.4, -0.2) is 19.6 Å². The van der Waals surface area contributed by atoms with Crippen molar-refractivity contribution in [2.75, 3.05) is 13.7 Å². The fourth-order valence-electron chi connectivity index (χ4n) is 1.96. The van der Waals surface area contributed by atoms with Gasteiger partial charge in [0.1, 0.15) is 5.75 Å². The highest BCUT2D eigenvalue weighted by atomic mass is 79.9. The van der Waals surface area contributed by atoms with E-state index in [1.165, 1.54) is 0 Å². The van der Waals surface area contributed by atoms with E-state index in [1.807, 2.05) is 24.3 Å². The molecule has 3 nitrogen and oxygen atoms in total. The normalized spacial score (nSPS) is 10.2. The number of carbonyl (C=O) groups excluding carboxylic acids is 1. The summed E-state index contributed by atoms with van der Waals surface area (Å²) in [5.41, 5.74) is 1.61. The zero-order valence-corrected chi connectivity index (χ0v) is 13.9. The van der Waals surface area contributed by atoms with Gasteiger partial charge in [0, 0.05) is 16.6 Å². The molecule has 0 atom stereocenters. The average molecular weight is 369 g/mol. The van der Waals surface area contributed by atoms with Crippen LogP contribution < -0.4 is 10.1 Å². The number of amides is 1. The van der Waals surface area contributed by atoms with E-state index in [4.69, 9.17) is 16.3 Å². The lowest BCUT2D eigenvalue weighted by Crippen LogP contribution is -2.25. The molecule has 1 N–H and O–H groups in total. The molecule has 0 aliphatic rings. The van der Waals surface area contributed by atoms with Crippen molar-refractivity contribution in [1.29, 1.82) is 0 Å². The molecule has 0 spiro atoms. The maximum absolute atomic E-state index is 12.0. The molecule has 1 amide bonds. The van der Waals surface area contributed by atoms with Crippen LogP contribution in [0, 0.1) is 0 Å². The molecule has 0 aliphatic carbocycles. The second-order valence-electron chi connectivity index (χ2n) is 4.45. The monoisotopic (exact) mass is 367 g/mol. The van der Waals surface area contributed by atoms with Crippen LogP contribution in [0.5, 0.6) is 5.75 Å². The van der Waals surface area contributed by atoms with Crippen molar-refractivity contribution < 1.29 is 9.53 Å². The molecule has 0 fully saturated rings. The number of halogens is 2. The lowest BCUT2D eigenvalue weighted by Gasteiger charge is -2.09. The summed E-state index contributed by atoms with van der Waals surface area (Å²) in [5, 5.41) is 3.40. The van der Waals surface area contributed by atoms with E-state index in [9.17, 15) is 4.79 Å². The maximum Gasteiger partial charge on any atom is 0.251 e. The van der Waals surface area contributed by atoms with E-state index in [2.05, 4.69) is 21.2 Å². The number of hydrogen-bond donors (Lipinski definition) is 1. The maximum atomic E-state index is 12.0. The molecular formula is C16H15BrClNO2. The highest BCUT2D eigenvalue weighted by Crippen LogP contribution is 2.23. The number of ether oxygens (including phenoxy) is 1. The Morgan fingerprint density at radius 3 is 2.76 bits per heavy atom. The summed E-state index contributed by atoms with van der Waals surface area (Å²) in [6, 6.07) is 12.9. The number of benzene rings is 2. The van der Waals surface area contributed by atoms with Crippen molar-refractivity contribution in [2.24, 2.45) is 0 Å². The Bertz CT molecular complexity index is 646. The molecular weight excluding hydrogens is 354 g/mol. The first-order valence-corrected chi connectivity index (χ1v) is 7.64. The second kappa shape index (κ2) is 7.48. The Kier molecular flexibility index (Phi) is 5.65. The van der Waals surface area contributed by atoms with Crippen molar-refractivity contribution >= 4 is 33.4 Å². The number of hydrogen-bond acceptors (Lipinski definition) is 2. The quantitative estimate of drug-likeness (QED) is 0.863. The molecule has 0 saturated heterocycles. The fourth-order valence-corrected chi connectivity index (χ4v) is 2.39. The molecule has 0 bridgehead atoms. The van der Waals surface area contributed by atoms with Gasteiger partial charge in [0.2, 0.25) is 0 Å². The molecule has 0 saturated carbocycles. The third-order valence-electron chi connectivity index (χ3n) is 3.05. The summed E-state index contributed by atoms with van der Waals surface area (Å²) < 4.78 is 6.05. The predicted molar refractivity (Wildman–Crippen MR) is 88.2 cm³/mol. The van der Waals surface area contributed by atoms with E-state index in [1.54, 1.807) is 25.3 Å². The summed E-state index contributed by atoms with van der Waals surface area (Å²) in [6.45, 7) is 0.535. The Balaban J connectivity index is 1.93. The highest BCUT2D eigenvalue weighted by Gasteiger charge is 2.08. The van der Waals surface area contributed by atoms with E-state index in [-0.39, 0.29) is 5.91 Å². The van der Waals surface area contributed by atoms with E-state index < -0.39 is 0 Å². The Hall–Kier alpha value is -1.52. The van der Waals surface area contributed by atoms with Crippen molar-refractivity contribution in [3.05, 3.63) is 63.1 Å². The summed E-state index contributed by atoms with van der Waals surface area (Å²) in [6.07, 6.45) is 0.708. The molecule has 21 heavy (non-hydrogen) atoms. The van der Waals surface area contributed by atoms with Gasteiger partial charge in [0.15, 0.2) is 0 Å². The smallest absolute Gasteiger partial charge is 0.251 e. The summed E-state index contributed by atoms with van der Waals surface area (Å²) in [5.74, 6) is 0.692. The summed E-state index contributed by atoms with van der Waals surface area (Å²) in [7, 11) is 1.64. The Morgan fingerprint density at radius 2 is 2.05 bits per heavy atom. The minimum Gasteiger partial charge on any atom is -0.496 e. The molecule has 5 heteroatoms. The van der Waals surface area contributed by atoms with Gasteiger partial charge in [0.25, 0.3) is 5.91 Å². The van der Waals surface area contributed by atoms with Crippen LogP contribution in [0.3, 0.4) is 0 Å². The van der Waals surface area contributed by atoms with E-state index in [0.717, 1.165) is 15.8 Å². The van der Waals surface area contributed by atoms with Crippen LogP contribution in [0.25, 0.3) is 0 Å². The van der Waals surface area contributed by atoms with Crippen molar-refractivity contribution in [3.8, 4) is 5.75 Å². The Morgan fingerprint density at radius 1 is 1.29 bits per heavy atom. The second-order valence-corrected chi connectivity index (χ2v) is 5.71. The molecule has 2 aromatic rings. The predicted octanol–water partition coefficient (Wildman–Crippen LogP) is 4.08. The average Bonchev–Trinajstić information content (AvgIpc) is 2.50. The molecule has 2 aromatic carbocycles. The third-order valence-corrected chi connectivity index (χ3v) is 4.29. The molecule has 0 radical (unpaired) electrons. The molecule has 0 aliphatic heterocycles. The standard InChI is InChI=1S/C16H15BrClNO2/c1-21-15-5-3-2-4-11(15)8-9-19-16(20)12-6-7-13(17)14(18)10-12/h2-7,10H,8-9H2,1H3,(H,19,20). The van der Waals surface area contributed by atoms with Crippen LogP contribution in [0.1, 0.15) is 15.9 Å². The first-order chi connectivity index (χ1) is 10.1. The lowest BCUT2D eigenvalue weighted by atomic mass is 10.1. The summed E-state index contributed by atoms with van der Waals surface area (Å²) >= 11 is 9.28. The van der Waals surface area contributed by atoms with Crippen molar-refractivity contribution in [1.82, 2.24) is 5.32 Å². The minimum absolute atomic E-state index is 0.140. The van der Waals surface area contributed by atoms with Gasteiger partial charge in [-0.25, -0.2) is 0 Å². The molecule has 110 valence electrons. The van der Waals surface area contributed by atoms with E-state index >= 15 is 0 Å². The summed E-state index contributed by atoms with van der Waals surface area (Å²) in [4.78, 5) is 12.0. The molecule has 0 aromatic heterocycles. The lowest BCUT2D eigenvalue weighted by molar-refractivity contribution is 0.0954. The number of rotatable bonds is 5. The number of carbonyl (C=O) groups is 1. The van der Waals surface area contributed by atoms with Crippen LogP contribution >= 0.6 is 27.5 Å². The number of methoxy groups -OCH3 is 1. The molecule has 0 unspecified atom stereocenters. The first kappa shape index (κ1) is 15.9. The zero-order valence-electron chi connectivity index (χ0n) is 11.5.